The van der Waals surface area contributed by atoms with Crippen LogP contribution in [0.25, 0.3) is 5.76 Å². The van der Waals surface area contributed by atoms with Crippen LogP contribution < -0.4 is 14.4 Å². The van der Waals surface area contributed by atoms with E-state index in [0.29, 0.717) is 22.7 Å². The minimum atomic E-state index is -1.02. The van der Waals surface area contributed by atoms with Gasteiger partial charge in [-0.05, 0) is 54.6 Å². The Hall–Kier alpha value is -4.51. The first-order valence-electron chi connectivity index (χ1n) is 9.57. The van der Waals surface area contributed by atoms with Crippen molar-refractivity contribution in [2.75, 3.05) is 19.1 Å². The van der Waals surface area contributed by atoms with Crippen LogP contribution in [-0.4, -0.2) is 31.0 Å². The number of nitriles is 1. The van der Waals surface area contributed by atoms with Crippen LogP contribution >= 0.6 is 0 Å². The Morgan fingerprint density at radius 3 is 2.44 bits per heavy atom. The van der Waals surface area contributed by atoms with Crippen LogP contribution in [0.2, 0.25) is 0 Å². The molecule has 2 aromatic carbocycles. The van der Waals surface area contributed by atoms with Gasteiger partial charge in [-0.3, -0.25) is 14.5 Å². The summed E-state index contributed by atoms with van der Waals surface area (Å²) in [5.74, 6) is -1.11. The van der Waals surface area contributed by atoms with E-state index < -0.39 is 23.5 Å². The fourth-order valence-corrected chi connectivity index (χ4v) is 3.66. The normalized spacial score (nSPS) is 17.3. The van der Waals surface area contributed by atoms with Crippen molar-refractivity contribution >= 4 is 23.1 Å². The zero-order valence-electron chi connectivity index (χ0n) is 17.2. The van der Waals surface area contributed by atoms with Crippen molar-refractivity contribution in [1.82, 2.24) is 0 Å². The van der Waals surface area contributed by atoms with Crippen LogP contribution in [0, 0.1) is 11.3 Å². The number of ketones is 1. The molecule has 1 aromatic heterocycles. The number of nitrogens with zero attached hydrogens (tertiary/aromatic N) is 2. The Morgan fingerprint density at radius 2 is 1.84 bits per heavy atom. The third kappa shape index (κ3) is 3.36. The van der Waals surface area contributed by atoms with Gasteiger partial charge in [-0.2, -0.15) is 5.26 Å². The maximum absolute atomic E-state index is 13.1. The lowest BCUT2D eigenvalue weighted by atomic mass is 9.98. The highest BCUT2D eigenvalue weighted by Gasteiger charge is 2.48. The number of Topliss-reactive ketones (excluding diaryl/α,β-unsaturated/α-hetero) is 1. The first-order chi connectivity index (χ1) is 15.5. The predicted molar refractivity (Wildman–Crippen MR) is 114 cm³/mol. The molecule has 1 atom stereocenters. The molecule has 1 aliphatic rings. The Morgan fingerprint density at radius 1 is 1.09 bits per heavy atom. The largest absolute Gasteiger partial charge is 0.507 e. The Labute approximate surface area is 183 Å². The molecule has 0 bridgehead atoms. The van der Waals surface area contributed by atoms with E-state index in [2.05, 4.69) is 0 Å². The monoisotopic (exact) mass is 430 g/mol. The number of methoxy groups -OCH3 is 2. The molecule has 1 N–H and O–H groups in total. The van der Waals surface area contributed by atoms with E-state index in [-0.39, 0.29) is 16.9 Å². The Balaban J connectivity index is 1.94. The molecule has 1 aliphatic heterocycles. The fraction of sp³-hybridized carbons (Fsp3) is 0.125. The molecule has 3 aromatic rings. The van der Waals surface area contributed by atoms with Crippen molar-refractivity contribution in [3.05, 3.63) is 83.3 Å². The van der Waals surface area contributed by atoms with Gasteiger partial charge in [0.2, 0.25) is 0 Å². The highest BCUT2D eigenvalue weighted by atomic mass is 16.5. The molecule has 8 heteroatoms. The van der Waals surface area contributed by atoms with Gasteiger partial charge in [0.25, 0.3) is 11.7 Å². The molecule has 1 unspecified atom stereocenters. The molecular formula is C24H18N2O6. The lowest BCUT2D eigenvalue weighted by Crippen LogP contribution is -2.29. The lowest BCUT2D eigenvalue weighted by Gasteiger charge is -2.23. The summed E-state index contributed by atoms with van der Waals surface area (Å²) in [5.41, 5.74) is 0.826. The average Bonchev–Trinajstić information content (AvgIpc) is 3.45. The predicted octanol–water partition coefficient (Wildman–Crippen LogP) is 3.79. The molecule has 0 saturated carbocycles. The first-order valence-corrected chi connectivity index (χ1v) is 9.57. The SMILES string of the molecule is COc1ccc(OC)c(/C(O)=C2/C(=O)C(=O)N(c3ccc(C#N)cc3)C2c2ccco2)c1. The third-order valence-corrected chi connectivity index (χ3v) is 5.19. The van der Waals surface area contributed by atoms with Gasteiger partial charge < -0.3 is 19.0 Å². The maximum atomic E-state index is 13.1. The van der Waals surface area contributed by atoms with Gasteiger partial charge in [-0.1, -0.05) is 0 Å². The molecule has 2 heterocycles. The smallest absolute Gasteiger partial charge is 0.300 e. The lowest BCUT2D eigenvalue weighted by molar-refractivity contribution is -0.132. The van der Waals surface area contributed by atoms with E-state index in [1.165, 1.54) is 31.4 Å². The van der Waals surface area contributed by atoms with Crippen molar-refractivity contribution in [2.24, 2.45) is 0 Å². The van der Waals surface area contributed by atoms with Crippen LogP contribution in [0.3, 0.4) is 0 Å². The Kier molecular flexibility index (Phi) is 5.39. The highest BCUT2D eigenvalue weighted by molar-refractivity contribution is 6.51. The van der Waals surface area contributed by atoms with E-state index in [1.807, 2.05) is 6.07 Å². The van der Waals surface area contributed by atoms with Crippen LogP contribution in [0.1, 0.15) is 22.9 Å². The van der Waals surface area contributed by atoms with Gasteiger partial charge in [0.15, 0.2) is 0 Å². The van der Waals surface area contributed by atoms with Crippen LogP contribution in [0.4, 0.5) is 5.69 Å². The number of ether oxygens (including phenoxy) is 2. The number of aliphatic hydroxyl groups is 1. The van der Waals surface area contributed by atoms with Gasteiger partial charge >= 0.3 is 0 Å². The number of amides is 1. The van der Waals surface area contributed by atoms with Crippen molar-refractivity contribution < 1.29 is 28.6 Å². The zero-order chi connectivity index (χ0) is 22.8. The summed E-state index contributed by atoms with van der Waals surface area (Å²) in [5, 5.41) is 20.3. The molecule has 0 spiro atoms. The minimum absolute atomic E-state index is 0.152. The zero-order valence-corrected chi connectivity index (χ0v) is 17.2. The van der Waals surface area contributed by atoms with Crippen molar-refractivity contribution in [3.8, 4) is 17.6 Å². The number of aliphatic hydroxyl groups excluding tert-OH is 1. The summed E-state index contributed by atoms with van der Waals surface area (Å²) in [6.45, 7) is 0. The molecule has 1 fully saturated rings. The minimum Gasteiger partial charge on any atom is -0.507 e. The summed E-state index contributed by atoms with van der Waals surface area (Å²) in [6.07, 6.45) is 1.42. The number of anilines is 1. The summed E-state index contributed by atoms with van der Waals surface area (Å²) in [4.78, 5) is 27.4. The summed E-state index contributed by atoms with van der Waals surface area (Å²) in [6, 6.07) is 15.2. The van der Waals surface area contributed by atoms with Crippen LogP contribution in [0.5, 0.6) is 11.5 Å². The number of carbonyl (C=O) groups is 2. The quantitative estimate of drug-likeness (QED) is 0.372. The molecule has 8 nitrogen and oxygen atoms in total. The van der Waals surface area contributed by atoms with Crippen molar-refractivity contribution in [2.45, 2.75) is 6.04 Å². The summed E-state index contributed by atoms with van der Waals surface area (Å²) >= 11 is 0. The number of carbonyl (C=O) groups excluding carboxylic acids is 2. The van der Waals surface area contributed by atoms with E-state index in [1.54, 1.807) is 48.5 Å². The topological polar surface area (TPSA) is 113 Å². The fourth-order valence-electron chi connectivity index (χ4n) is 3.66. The van der Waals surface area contributed by atoms with E-state index in [0.717, 1.165) is 0 Å². The van der Waals surface area contributed by atoms with Crippen LogP contribution in [-0.2, 0) is 9.59 Å². The third-order valence-electron chi connectivity index (χ3n) is 5.19. The van der Waals surface area contributed by atoms with E-state index >= 15 is 0 Å². The van der Waals surface area contributed by atoms with Crippen molar-refractivity contribution in [1.29, 1.82) is 5.26 Å². The second kappa shape index (κ2) is 8.32. The molecule has 1 amide bonds. The van der Waals surface area contributed by atoms with Gasteiger partial charge in [-0.25, -0.2) is 0 Å². The number of hydrogen-bond acceptors (Lipinski definition) is 7. The first kappa shape index (κ1) is 20.8. The van der Waals surface area contributed by atoms with Crippen molar-refractivity contribution in [3.63, 3.8) is 0 Å². The number of benzene rings is 2. The van der Waals surface area contributed by atoms with Gasteiger partial charge in [0.1, 0.15) is 29.1 Å². The molecule has 1 saturated heterocycles. The van der Waals surface area contributed by atoms with E-state index in [9.17, 15) is 14.7 Å². The molecular weight excluding hydrogens is 412 g/mol. The van der Waals surface area contributed by atoms with Gasteiger partial charge in [0, 0.05) is 5.69 Å². The van der Waals surface area contributed by atoms with E-state index in [4.69, 9.17) is 19.2 Å². The highest BCUT2D eigenvalue weighted by Crippen LogP contribution is 2.43. The van der Waals surface area contributed by atoms with Gasteiger partial charge in [0.05, 0.1) is 43.3 Å². The average molecular weight is 430 g/mol. The summed E-state index contributed by atoms with van der Waals surface area (Å²) < 4.78 is 16.1. The molecule has 0 aliphatic carbocycles. The second-order valence-electron chi connectivity index (χ2n) is 6.91. The molecule has 4 rings (SSSR count). The Bertz CT molecular complexity index is 1250. The van der Waals surface area contributed by atoms with Gasteiger partial charge in [-0.15, -0.1) is 0 Å². The molecule has 160 valence electrons. The molecule has 0 radical (unpaired) electrons. The molecule has 32 heavy (non-hydrogen) atoms. The number of hydrogen-bond donors (Lipinski definition) is 1. The summed E-state index contributed by atoms with van der Waals surface area (Å²) in [7, 11) is 2.90. The number of rotatable bonds is 5. The number of furan rings is 1. The second-order valence-corrected chi connectivity index (χ2v) is 6.91. The van der Waals surface area contributed by atoms with Crippen LogP contribution in [0.15, 0.2) is 70.9 Å². The maximum Gasteiger partial charge on any atom is 0.300 e. The standard InChI is InChI=1S/C24H18N2O6/c1-30-16-9-10-18(31-2)17(12-16)22(27)20-21(19-4-3-11-32-19)26(24(29)23(20)28)15-7-5-14(13-25)6-8-15/h3-12,21,27H,1-2H3/b22-20-.